The first-order valence-corrected chi connectivity index (χ1v) is 8.36. The number of methoxy groups -OCH3 is 1. The number of rotatable bonds is 7. The molecule has 0 unspecified atom stereocenters. The van der Waals surface area contributed by atoms with Crippen LogP contribution in [0.1, 0.15) is 19.6 Å². The van der Waals surface area contributed by atoms with Gasteiger partial charge in [-0.05, 0) is 48.0 Å². The van der Waals surface area contributed by atoms with E-state index in [-0.39, 0.29) is 11.7 Å². The quantitative estimate of drug-likeness (QED) is 0.422. The summed E-state index contributed by atoms with van der Waals surface area (Å²) in [6.07, 6.45) is 0. The fourth-order valence-electron chi connectivity index (χ4n) is 2.28. The summed E-state index contributed by atoms with van der Waals surface area (Å²) in [7, 11) is 1.37. The summed E-state index contributed by atoms with van der Waals surface area (Å²) < 4.78 is 11.1. The monoisotopic (exact) mass is 410 g/mol. The molecule has 1 heterocycles. The van der Waals surface area contributed by atoms with Gasteiger partial charge in [-0.25, -0.2) is 0 Å². The summed E-state index contributed by atoms with van der Waals surface area (Å²) in [5.41, 5.74) is 0.104. The third-order valence-electron chi connectivity index (χ3n) is 3.69. The predicted octanol–water partition coefficient (Wildman–Crippen LogP) is 3.91. The third-order valence-corrected chi connectivity index (χ3v) is 4.35. The van der Waals surface area contributed by atoms with E-state index in [9.17, 15) is 14.9 Å². The van der Waals surface area contributed by atoms with Crippen LogP contribution < -0.4 is 5.32 Å². The molecule has 0 amide bonds. The van der Waals surface area contributed by atoms with Gasteiger partial charge in [0, 0.05) is 28.7 Å². The number of benzene rings is 1. The first-order chi connectivity index (χ1) is 11.7. The highest BCUT2D eigenvalue weighted by atomic mass is 79.9. The predicted molar refractivity (Wildman–Crippen MR) is 96.0 cm³/mol. The number of ether oxygens (including phenoxy) is 1. The smallest absolute Gasteiger partial charge is 0.312 e. The average Bonchev–Trinajstić information content (AvgIpc) is 3.02. The van der Waals surface area contributed by atoms with Gasteiger partial charge in [0.2, 0.25) is 0 Å². The van der Waals surface area contributed by atoms with Gasteiger partial charge in [0.25, 0.3) is 5.69 Å². The molecule has 7 nitrogen and oxygen atoms in total. The van der Waals surface area contributed by atoms with Crippen LogP contribution in [0.4, 0.5) is 5.69 Å². The van der Waals surface area contributed by atoms with Crippen molar-refractivity contribution >= 4 is 27.6 Å². The van der Waals surface area contributed by atoms with E-state index in [0.717, 1.165) is 5.56 Å². The molecule has 0 aliphatic rings. The molecule has 134 valence electrons. The fraction of sp³-hybridized carbons (Fsp3) is 0.353. The summed E-state index contributed by atoms with van der Waals surface area (Å²) in [5.74, 6) is 1.02. The minimum absolute atomic E-state index is 0.00844. The number of halogens is 1. The molecule has 0 spiro atoms. The first kappa shape index (κ1) is 19.1. The van der Waals surface area contributed by atoms with E-state index in [1.165, 1.54) is 19.2 Å². The summed E-state index contributed by atoms with van der Waals surface area (Å²) >= 11 is 3.33. The van der Waals surface area contributed by atoms with Crippen LogP contribution in [-0.2, 0) is 16.1 Å². The number of furan rings is 1. The van der Waals surface area contributed by atoms with Gasteiger partial charge in [0.15, 0.2) is 0 Å². The Labute approximate surface area is 153 Å². The number of non-ortho nitro benzene ring substituents is 1. The van der Waals surface area contributed by atoms with Gasteiger partial charge in [-0.15, -0.1) is 0 Å². The van der Waals surface area contributed by atoms with Gasteiger partial charge in [-0.2, -0.15) is 0 Å². The Hall–Kier alpha value is -2.19. The highest BCUT2D eigenvalue weighted by Crippen LogP contribution is 2.32. The van der Waals surface area contributed by atoms with Crippen LogP contribution >= 0.6 is 15.9 Å². The lowest BCUT2D eigenvalue weighted by atomic mass is 9.94. The second kappa shape index (κ2) is 7.79. The number of carbonyl (C=O) groups is 1. The summed E-state index contributed by atoms with van der Waals surface area (Å²) in [4.78, 5) is 22.0. The number of nitro benzene ring substituents is 1. The number of nitro groups is 1. The molecule has 2 rings (SSSR count). The maximum Gasteiger partial charge on any atom is 0.312 e. The van der Waals surface area contributed by atoms with Crippen molar-refractivity contribution in [3.8, 4) is 11.3 Å². The minimum atomic E-state index is -0.633. The SMILES string of the molecule is COC(=O)C(C)(C)CNCc1ccc(-c2ccc([N+](=O)[O-])cc2Br)o1. The van der Waals surface area contributed by atoms with Gasteiger partial charge >= 0.3 is 5.97 Å². The molecule has 0 saturated heterocycles. The maximum absolute atomic E-state index is 11.6. The van der Waals surface area contributed by atoms with E-state index in [1.807, 2.05) is 6.07 Å². The molecule has 8 heteroatoms. The van der Waals surface area contributed by atoms with Crippen LogP contribution in [0, 0.1) is 15.5 Å². The van der Waals surface area contributed by atoms with Gasteiger partial charge < -0.3 is 14.5 Å². The van der Waals surface area contributed by atoms with E-state index in [0.29, 0.717) is 29.1 Å². The number of carbonyl (C=O) groups excluding carboxylic acids is 1. The van der Waals surface area contributed by atoms with E-state index in [1.54, 1.807) is 26.0 Å². The molecule has 0 atom stereocenters. The molecule has 1 N–H and O–H groups in total. The summed E-state index contributed by atoms with van der Waals surface area (Å²) in [5, 5.41) is 14.0. The Morgan fingerprint density at radius 2 is 2.08 bits per heavy atom. The molecule has 0 aliphatic carbocycles. The number of nitrogens with zero attached hydrogens (tertiary/aromatic N) is 1. The van der Waals surface area contributed by atoms with Crippen LogP contribution in [0.25, 0.3) is 11.3 Å². The van der Waals surface area contributed by atoms with E-state index in [4.69, 9.17) is 9.15 Å². The third kappa shape index (κ3) is 4.67. The zero-order valence-electron chi connectivity index (χ0n) is 14.2. The molecule has 2 aromatic rings. The van der Waals surface area contributed by atoms with Gasteiger partial charge in [0.1, 0.15) is 11.5 Å². The zero-order valence-corrected chi connectivity index (χ0v) is 15.8. The number of esters is 1. The molecule has 0 radical (unpaired) electrons. The highest BCUT2D eigenvalue weighted by Gasteiger charge is 2.28. The maximum atomic E-state index is 11.6. The number of nitrogens with one attached hydrogen (secondary N) is 1. The highest BCUT2D eigenvalue weighted by molar-refractivity contribution is 9.10. The van der Waals surface area contributed by atoms with E-state index in [2.05, 4.69) is 21.2 Å². The molecule has 0 bridgehead atoms. The van der Waals surface area contributed by atoms with Gasteiger partial charge in [0.05, 0.1) is 24.0 Å². The first-order valence-electron chi connectivity index (χ1n) is 7.57. The van der Waals surface area contributed by atoms with Crippen molar-refractivity contribution in [1.82, 2.24) is 5.32 Å². The lowest BCUT2D eigenvalue weighted by Gasteiger charge is -2.21. The van der Waals surface area contributed by atoms with Crippen molar-refractivity contribution in [2.75, 3.05) is 13.7 Å². The van der Waals surface area contributed by atoms with Crippen LogP contribution in [0.5, 0.6) is 0 Å². The summed E-state index contributed by atoms with van der Waals surface area (Å²) in [6, 6.07) is 8.13. The van der Waals surface area contributed by atoms with Crippen molar-refractivity contribution in [2.24, 2.45) is 5.41 Å². The standard InChI is InChI=1S/C17H19BrN2O5/c1-17(2,16(21)24-3)10-19-9-12-5-7-15(25-12)13-6-4-11(20(22)23)8-14(13)18/h4-8,19H,9-10H2,1-3H3. The normalized spacial score (nSPS) is 11.4. The topological polar surface area (TPSA) is 94.6 Å². The largest absolute Gasteiger partial charge is 0.469 e. The summed E-state index contributed by atoms with van der Waals surface area (Å²) in [6.45, 7) is 4.49. The average molecular weight is 411 g/mol. The lowest BCUT2D eigenvalue weighted by Crippen LogP contribution is -2.36. The second-order valence-electron chi connectivity index (χ2n) is 6.17. The Balaban J connectivity index is 2.03. The van der Waals surface area contributed by atoms with Crippen molar-refractivity contribution in [1.29, 1.82) is 0 Å². The Bertz CT molecular complexity index is 785. The number of hydrogen-bond donors (Lipinski definition) is 1. The van der Waals surface area contributed by atoms with Gasteiger partial charge in [-0.3, -0.25) is 14.9 Å². The fourth-order valence-corrected chi connectivity index (χ4v) is 2.84. The molecule has 0 fully saturated rings. The Morgan fingerprint density at radius 3 is 2.68 bits per heavy atom. The molecule has 1 aromatic carbocycles. The second-order valence-corrected chi connectivity index (χ2v) is 7.02. The van der Waals surface area contributed by atoms with Crippen molar-refractivity contribution in [3.05, 3.63) is 50.7 Å². The zero-order chi connectivity index (χ0) is 18.6. The molecular weight excluding hydrogens is 392 g/mol. The van der Waals surface area contributed by atoms with Crippen molar-refractivity contribution < 1.29 is 18.9 Å². The van der Waals surface area contributed by atoms with E-state index >= 15 is 0 Å². The molecule has 0 aliphatic heterocycles. The van der Waals surface area contributed by atoms with Crippen LogP contribution in [-0.4, -0.2) is 24.5 Å². The molecular formula is C17H19BrN2O5. The van der Waals surface area contributed by atoms with Crippen molar-refractivity contribution in [3.63, 3.8) is 0 Å². The molecule has 25 heavy (non-hydrogen) atoms. The van der Waals surface area contributed by atoms with Crippen LogP contribution in [0.3, 0.4) is 0 Å². The van der Waals surface area contributed by atoms with Gasteiger partial charge in [-0.1, -0.05) is 0 Å². The number of hydrogen-bond acceptors (Lipinski definition) is 6. The minimum Gasteiger partial charge on any atom is -0.469 e. The Kier molecular flexibility index (Phi) is 5.97. The van der Waals surface area contributed by atoms with E-state index < -0.39 is 10.3 Å². The lowest BCUT2D eigenvalue weighted by molar-refractivity contribution is -0.384. The molecule has 1 aromatic heterocycles. The molecule has 0 saturated carbocycles. The van der Waals surface area contributed by atoms with Crippen LogP contribution in [0.2, 0.25) is 0 Å². The van der Waals surface area contributed by atoms with Crippen LogP contribution in [0.15, 0.2) is 39.2 Å². The Morgan fingerprint density at radius 1 is 1.36 bits per heavy atom. The van der Waals surface area contributed by atoms with Crippen molar-refractivity contribution in [2.45, 2.75) is 20.4 Å².